The molecule has 0 bridgehead atoms. The molecule has 8 rings (SSSR count). The van der Waals surface area contributed by atoms with E-state index in [2.05, 4.69) is 77.6 Å². The summed E-state index contributed by atoms with van der Waals surface area (Å²) in [6, 6.07) is 27.0. The van der Waals surface area contributed by atoms with Crippen LogP contribution in [-0.4, -0.2) is 97.2 Å². The van der Waals surface area contributed by atoms with Crippen molar-refractivity contribution in [3.8, 4) is 51.8 Å². The first kappa shape index (κ1) is 64.3. The minimum absolute atomic E-state index is 0. The van der Waals surface area contributed by atoms with E-state index in [9.17, 15) is 20.4 Å². The second kappa shape index (κ2) is 35.3. The number of hydrogen-bond acceptors (Lipinski definition) is 13. The second-order valence-electron chi connectivity index (χ2n) is 12.9. The molecule has 14 nitrogen and oxygen atoms in total. The van der Waals surface area contributed by atoms with Crippen molar-refractivity contribution in [1.29, 1.82) is 5.26 Å². The average Bonchev–Trinajstić information content (AvgIpc) is 4.05. The van der Waals surface area contributed by atoms with Crippen LogP contribution in [0.15, 0.2) is 147 Å². The molecule has 0 unspecified atom stereocenters. The first-order valence-corrected chi connectivity index (χ1v) is 18.3. The van der Waals surface area contributed by atoms with Gasteiger partial charge in [0.05, 0.1) is 0 Å². The smallest absolute Gasteiger partial charge is 0.872 e. The van der Waals surface area contributed by atoms with Crippen LogP contribution in [0.2, 0.25) is 0 Å². The Bertz CT molecular complexity index is 1770. The monoisotopic (exact) mass is 1250 g/mol. The van der Waals surface area contributed by atoms with Gasteiger partial charge >= 0.3 is 101 Å². The first-order chi connectivity index (χ1) is 28.5. The third-order valence-electron chi connectivity index (χ3n) is 8.11. The second-order valence-corrected chi connectivity index (χ2v) is 12.9. The molecule has 0 radical (unpaired) electrons. The zero-order valence-corrected chi connectivity index (χ0v) is 46.1. The van der Waals surface area contributed by atoms with Gasteiger partial charge in [-0.15, -0.1) is 11.5 Å². The third kappa shape index (κ3) is 22.2. The van der Waals surface area contributed by atoms with E-state index >= 15 is 0 Å². The number of rotatable bonds is 6. The standard InChI is InChI=1S/2C12H10O2.2C9H14N4.C2H4N.CHN.CH3.2Na.2Pt/c2*13-11-7-3-1-5-9(11)10-6-2-4-8-12(10)14;2*1-10-3-5-12(7-10)9-13-6-4-11(2)8-13;1-2-3;1-2;;;;;/h2*1-8,13-14H;2*3-8H,9H2,1-2H3;2H,1H3;1H;1H3;;;;/q;;2*-2;-1;;-1;2*+1;+2;+4/p-2. The summed E-state index contributed by atoms with van der Waals surface area (Å²) in [7, 11) is 8.08. The zero-order valence-electron chi connectivity index (χ0n) is 37.6. The van der Waals surface area contributed by atoms with E-state index in [4.69, 9.17) is 10.7 Å². The van der Waals surface area contributed by atoms with Crippen molar-refractivity contribution < 1.29 is 122 Å². The van der Waals surface area contributed by atoms with Crippen LogP contribution in [0.5, 0.6) is 23.0 Å². The van der Waals surface area contributed by atoms with Crippen molar-refractivity contribution in [1.82, 2.24) is 39.2 Å². The van der Waals surface area contributed by atoms with Gasteiger partial charge in [-0.1, -0.05) is 91.9 Å². The average molecular weight is 1250 g/mol. The van der Waals surface area contributed by atoms with Gasteiger partial charge in [-0.2, -0.15) is 26.7 Å². The van der Waals surface area contributed by atoms with E-state index in [0.29, 0.717) is 22.3 Å². The predicted octanol–water partition coefficient (Wildman–Crippen LogP) is 0.745. The molecule has 4 aliphatic rings. The molecule has 0 aliphatic carbocycles. The minimum Gasteiger partial charge on any atom is -0.872 e. The quantitative estimate of drug-likeness (QED) is 0.159. The molecule has 4 aliphatic heterocycles. The number of phenols is 2. The largest absolute Gasteiger partial charge is 4.00 e. The molecule has 4 heterocycles. The molecule has 4 aromatic rings. The summed E-state index contributed by atoms with van der Waals surface area (Å²) in [5.41, 5.74) is 2.23. The summed E-state index contributed by atoms with van der Waals surface area (Å²) < 4.78 is 0. The van der Waals surface area contributed by atoms with Crippen molar-refractivity contribution in [2.75, 3.05) is 41.5 Å². The van der Waals surface area contributed by atoms with E-state index in [0.717, 1.165) is 19.6 Å². The van der Waals surface area contributed by atoms with E-state index < -0.39 is 0 Å². The van der Waals surface area contributed by atoms with Gasteiger partial charge in [0.25, 0.3) is 0 Å². The number of hydrogen-bond donors (Lipinski definition) is 2. The number of nitriles is 1. The number of phenolic OH excluding ortho intramolecular Hbond substituents is 2. The fourth-order valence-corrected chi connectivity index (χ4v) is 5.50. The molecule has 4 aromatic carbocycles. The number of aromatic hydroxyl groups is 2. The summed E-state index contributed by atoms with van der Waals surface area (Å²) in [5, 5.41) is 56.0. The predicted molar refractivity (Wildman–Crippen MR) is 236 cm³/mol. The Morgan fingerprint density at radius 1 is 0.516 bits per heavy atom. The molecule has 2 N–H and O–H groups in total. The number of para-hydroxylation sites is 4. The van der Waals surface area contributed by atoms with E-state index in [-0.39, 0.29) is 132 Å². The summed E-state index contributed by atoms with van der Waals surface area (Å²) >= 11 is 0. The topological polar surface area (TPSA) is 159 Å². The van der Waals surface area contributed by atoms with Crippen LogP contribution in [0, 0.1) is 45.9 Å². The summed E-state index contributed by atoms with van der Waals surface area (Å²) in [4.78, 5) is 16.6. The van der Waals surface area contributed by atoms with E-state index in [1.165, 1.54) is 12.1 Å². The fraction of sp³-hybridized carbons (Fsp3) is 0.152. The zero-order chi connectivity index (χ0) is 43.2. The molecule has 18 heteroatoms. The van der Waals surface area contributed by atoms with Crippen LogP contribution in [0.3, 0.4) is 0 Å². The Hall–Kier alpha value is -4.02. The molecule has 0 atom stereocenters. The Morgan fingerprint density at radius 3 is 0.938 bits per heavy atom. The van der Waals surface area contributed by atoms with Crippen molar-refractivity contribution in [3.05, 3.63) is 186 Å². The molecule has 0 saturated heterocycles. The van der Waals surface area contributed by atoms with E-state index in [1.54, 1.807) is 79.7 Å². The van der Waals surface area contributed by atoms with Gasteiger partial charge in [0.1, 0.15) is 11.5 Å². The van der Waals surface area contributed by atoms with Gasteiger partial charge in [-0.05, 0) is 101 Å². The van der Waals surface area contributed by atoms with Gasteiger partial charge in [0.15, 0.2) is 0 Å². The molecular weight excluding hydrogens is 1190 g/mol. The SMILES string of the molecule is C#N.CC=[N-].CN1C=CN(CN2C=CN(C)[CH-]2)[CH-]1.CN1C=CN(CN2C=CN(C)[CH-]2)[CH-]1.Oc1ccccc1-c1ccccc1O.[CH3-].[Na+].[Na+].[O-]c1ccccc1-c1ccccc1[O-].[Pt+2].[Pt+4]. The third-order valence-corrected chi connectivity index (χ3v) is 8.11. The van der Waals surface area contributed by atoms with Crippen molar-refractivity contribution >= 4 is 6.21 Å². The van der Waals surface area contributed by atoms with Crippen LogP contribution >= 0.6 is 0 Å². The molecule has 64 heavy (non-hydrogen) atoms. The minimum atomic E-state index is -0.115. The molecular formula is C46H54N10Na2O4Pt2. The first-order valence-electron chi connectivity index (χ1n) is 18.3. The molecule has 0 amide bonds. The van der Waals surface area contributed by atoms with E-state index in [1.807, 2.05) is 84.7 Å². The maximum atomic E-state index is 11.4. The van der Waals surface area contributed by atoms with Crippen LogP contribution < -0.4 is 69.3 Å². The molecule has 0 fully saturated rings. The molecule has 0 aromatic heterocycles. The Labute approximate surface area is 454 Å². The number of benzene rings is 4. The van der Waals surface area contributed by atoms with Crippen LogP contribution in [0.4, 0.5) is 0 Å². The van der Waals surface area contributed by atoms with Crippen molar-refractivity contribution in [2.24, 2.45) is 0 Å². The Balaban J connectivity index is -0.000000731. The van der Waals surface area contributed by atoms with Gasteiger partial charge in [0, 0.05) is 31.0 Å². The summed E-state index contributed by atoms with van der Waals surface area (Å²) in [6.45, 7) is 15.0. The fourth-order valence-electron chi connectivity index (χ4n) is 5.50. The maximum Gasteiger partial charge on any atom is 4.00 e. The summed E-state index contributed by atoms with van der Waals surface area (Å²) in [6.07, 6.45) is 17.3. The summed E-state index contributed by atoms with van der Waals surface area (Å²) in [5.74, 6) is 0.120. The normalized spacial score (nSPS) is 13.2. The van der Waals surface area contributed by atoms with Crippen LogP contribution in [0.25, 0.3) is 27.7 Å². The molecule has 0 spiro atoms. The van der Waals surface area contributed by atoms with Gasteiger partial charge in [-0.25, -0.2) is 11.5 Å². The van der Waals surface area contributed by atoms with Crippen LogP contribution in [0.1, 0.15) is 6.92 Å². The van der Waals surface area contributed by atoms with Gasteiger partial charge in [0.2, 0.25) is 0 Å². The number of nitrogens with zero attached hydrogens (tertiary/aromatic N) is 10. The maximum absolute atomic E-state index is 11.4. The van der Waals surface area contributed by atoms with Crippen LogP contribution in [-0.2, 0) is 42.1 Å². The van der Waals surface area contributed by atoms with Gasteiger partial charge in [-0.3, -0.25) is 0 Å². The van der Waals surface area contributed by atoms with Gasteiger partial charge < -0.3 is 72.5 Å². The Kier molecular flexibility index (Phi) is 35.4. The van der Waals surface area contributed by atoms with Crippen molar-refractivity contribution in [3.63, 3.8) is 0 Å². The molecule has 334 valence electrons. The Morgan fingerprint density at radius 2 is 0.734 bits per heavy atom. The molecule has 0 saturated carbocycles. The van der Waals surface area contributed by atoms with Crippen molar-refractivity contribution in [2.45, 2.75) is 6.92 Å².